The zero-order valence-electron chi connectivity index (χ0n) is 20.3. The van der Waals surface area contributed by atoms with Crippen molar-refractivity contribution in [3.63, 3.8) is 0 Å². The Kier molecular flexibility index (Phi) is 8.66. The number of hydrogen-bond acceptors (Lipinski definition) is 4. The molecular formula is C25H35N3O4S. The van der Waals surface area contributed by atoms with E-state index < -0.39 is 34.1 Å². The highest BCUT2D eigenvalue weighted by atomic mass is 32.2. The molecule has 1 N–H and O–H groups in total. The van der Waals surface area contributed by atoms with Gasteiger partial charge in [-0.1, -0.05) is 49.4 Å². The van der Waals surface area contributed by atoms with Gasteiger partial charge < -0.3 is 10.2 Å². The Labute approximate surface area is 197 Å². The summed E-state index contributed by atoms with van der Waals surface area (Å²) >= 11 is 0. The SMILES string of the molecule is CCc1ccc(N(CC(=O)N(Cc2ccccc2)C(C)C(=O)NC(C)(C)C)S(C)(=O)=O)cc1. The van der Waals surface area contributed by atoms with E-state index in [1.54, 1.807) is 19.1 Å². The summed E-state index contributed by atoms with van der Waals surface area (Å²) in [4.78, 5) is 27.8. The first kappa shape index (κ1) is 26.4. The van der Waals surface area contributed by atoms with Crippen LogP contribution in [0.25, 0.3) is 0 Å². The van der Waals surface area contributed by atoms with Crippen molar-refractivity contribution in [1.29, 1.82) is 0 Å². The number of sulfonamides is 1. The number of hydrogen-bond donors (Lipinski definition) is 1. The number of aryl methyl sites for hydroxylation is 1. The normalized spacial score (nSPS) is 12.7. The quantitative estimate of drug-likeness (QED) is 0.605. The molecule has 0 bridgehead atoms. The van der Waals surface area contributed by atoms with Crippen LogP contribution in [0.1, 0.15) is 45.7 Å². The molecule has 0 fully saturated rings. The van der Waals surface area contributed by atoms with Gasteiger partial charge in [-0.05, 0) is 57.4 Å². The molecule has 0 heterocycles. The Morgan fingerprint density at radius 2 is 1.55 bits per heavy atom. The van der Waals surface area contributed by atoms with Gasteiger partial charge in [-0.25, -0.2) is 8.42 Å². The first-order valence-electron chi connectivity index (χ1n) is 11.0. The summed E-state index contributed by atoms with van der Waals surface area (Å²) in [5, 5.41) is 2.90. The monoisotopic (exact) mass is 473 g/mol. The zero-order chi connectivity index (χ0) is 24.8. The van der Waals surface area contributed by atoms with E-state index in [-0.39, 0.29) is 12.5 Å². The molecule has 2 rings (SSSR count). The first-order valence-corrected chi connectivity index (χ1v) is 12.9. The Bertz CT molecular complexity index is 1050. The van der Waals surface area contributed by atoms with Gasteiger partial charge in [0.2, 0.25) is 21.8 Å². The Morgan fingerprint density at radius 3 is 2.03 bits per heavy atom. The van der Waals surface area contributed by atoms with Crippen molar-refractivity contribution in [3.8, 4) is 0 Å². The third-order valence-corrected chi connectivity index (χ3v) is 6.31. The van der Waals surface area contributed by atoms with Crippen molar-refractivity contribution >= 4 is 27.5 Å². The predicted molar refractivity (Wildman–Crippen MR) is 132 cm³/mol. The summed E-state index contributed by atoms with van der Waals surface area (Å²) < 4.78 is 26.2. The van der Waals surface area contributed by atoms with Gasteiger partial charge in [0.05, 0.1) is 11.9 Å². The van der Waals surface area contributed by atoms with Crippen molar-refractivity contribution in [2.75, 3.05) is 17.1 Å². The lowest BCUT2D eigenvalue weighted by Gasteiger charge is -2.33. The topological polar surface area (TPSA) is 86.8 Å². The molecule has 180 valence electrons. The zero-order valence-corrected chi connectivity index (χ0v) is 21.1. The molecule has 0 aliphatic heterocycles. The maximum absolute atomic E-state index is 13.5. The van der Waals surface area contributed by atoms with E-state index in [1.807, 2.05) is 70.2 Å². The summed E-state index contributed by atoms with van der Waals surface area (Å²) in [6, 6.07) is 15.6. The number of nitrogens with zero attached hydrogens (tertiary/aromatic N) is 2. The maximum atomic E-state index is 13.5. The van der Waals surface area contributed by atoms with Crippen LogP contribution in [0.3, 0.4) is 0 Å². The second kappa shape index (κ2) is 10.8. The fraction of sp³-hybridized carbons (Fsp3) is 0.440. The van der Waals surface area contributed by atoms with Crippen LogP contribution in [0.4, 0.5) is 5.69 Å². The number of benzene rings is 2. The van der Waals surface area contributed by atoms with Crippen molar-refractivity contribution < 1.29 is 18.0 Å². The van der Waals surface area contributed by atoms with E-state index in [1.165, 1.54) is 4.90 Å². The molecule has 1 unspecified atom stereocenters. The second-order valence-electron chi connectivity index (χ2n) is 9.21. The highest BCUT2D eigenvalue weighted by molar-refractivity contribution is 7.92. The maximum Gasteiger partial charge on any atom is 0.244 e. The molecule has 0 aliphatic rings. The molecule has 2 amide bonds. The molecule has 0 aromatic heterocycles. The van der Waals surface area contributed by atoms with Gasteiger partial charge in [0.15, 0.2) is 0 Å². The van der Waals surface area contributed by atoms with Crippen LogP contribution < -0.4 is 9.62 Å². The van der Waals surface area contributed by atoms with Crippen LogP contribution >= 0.6 is 0 Å². The lowest BCUT2D eigenvalue weighted by atomic mass is 10.1. The highest BCUT2D eigenvalue weighted by Gasteiger charge is 2.31. The summed E-state index contributed by atoms with van der Waals surface area (Å²) in [7, 11) is -3.73. The number of carbonyl (C=O) groups excluding carboxylic acids is 2. The fourth-order valence-electron chi connectivity index (χ4n) is 3.35. The third kappa shape index (κ3) is 7.89. The van der Waals surface area contributed by atoms with Gasteiger partial charge >= 0.3 is 0 Å². The summed E-state index contributed by atoms with van der Waals surface area (Å²) in [6.45, 7) is 9.06. The molecule has 1 atom stereocenters. The minimum absolute atomic E-state index is 0.185. The van der Waals surface area contributed by atoms with Crippen LogP contribution in [0.2, 0.25) is 0 Å². The number of anilines is 1. The van der Waals surface area contributed by atoms with Crippen molar-refractivity contribution in [3.05, 3.63) is 65.7 Å². The van der Waals surface area contributed by atoms with Crippen LogP contribution in [-0.2, 0) is 32.6 Å². The van der Waals surface area contributed by atoms with E-state index in [4.69, 9.17) is 0 Å². The average molecular weight is 474 g/mol. The van der Waals surface area contributed by atoms with E-state index in [0.717, 1.165) is 28.1 Å². The smallest absolute Gasteiger partial charge is 0.244 e. The number of amides is 2. The van der Waals surface area contributed by atoms with Crippen LogP contribution in [0, 0.1) is 0 Å². The molecular weight excluding hydrogens is 438 g/mol. The van der Waals surface area contributed by atoms with Crippen molar-refractivity contribution in [2.45, 2.75) is 59.2 Å². The van der Waals surface area contributed by atoms with Gasteiger partial charge in [0, 0.05) is 12.1 Å². The minimum atomic E-state index is -3.73. The van der Waals surface area contributed by atoms with Crippen LogP contribution in [0.5, 0.6) is 0 Å². The summed E-state index contributed by atoms with van der Waals surface area (Å²) in [5.41, 5.74) is 1.86. The largest absolute Gasteiger partial charge is 0.350 e. The Hall–Kier alpha value is -2.87. The average Bonchev–Trinajstić information content (AvgIpc) is 2.74. The van der Waals surface area contributed by atoms with E-state index >= 15 is 0 Å². The van der Waals surface area contributed by atoms with Gasteiger partial charge in [-0.3, -0.25) is 13.9 Å². The molecule has 0 spiro atoms. The van der Waals surface area contributed by atoms with Gasteiger partial charge in [0.1, 0.15) is 12.6 Å². The molecule has 0 saturated carbocycles. The third-order valence-electron chi connectivity index (χ3n) is 5.17. The molecule has 2 aromatic carbocycles. The van der Waals surface area contributed by atoms with Crippen LogP contribution in [0.15, 0.2) is 54.6 Å². The van der Waals surface area contributed by atoms with E-state index in [0.29, 0.717) is 5.69 Å². The molecule has 0 aliphatic carbocycles. The number of carbonyl (C=O) groups is 2. The predicted octanol–water partition coefficient (Wildman–Crippen LogP) is 3.35. The lowest BCUT2D eigenvalue weighted by Crippen LogP contribution is -2.54. The lowest BCUT2D eigenvalue weighted by molar-refractivity contribution is -0.140. The minimum Gasteiger partial charge on any atom is -0.350 e. The molecule has 33 heavy (non-hydrogen) atoms. The summed E-state index contributed by atoms with van der Waals surface area (Å²) in [5.74, 6) is -0.759. The molecule has 2 aromatic rings. The highest BCUT2D eigenvalue weighted by Crippen LogP contribution is 2.20. The van der Waals surface area contributed by atoms with E-state index in [2.05, 4.69) is 5.32 Å². The Balaban J connectivity index is 2.36. The number of nitrogens with one attached hydrogen (secondary N) is 1. The van der Waals surface area contributed by atoms with Crippen LogP contribution in [-0.4, -0.2) is 49.5 Å². The first-order chi connectivity index (χ1) is 15.3. The van der Waals surface area contributed by atoms with E-state index in [9.17, 15) is 18.0 Å². The molecule has 0 radical (unpaired) electrons. The van der Waals surface area contributed by atoms with Gasteiger partial charge in [-0.2, -0.15) is 0 Å². The second-order valence-corrected chi connectivity index (χ2v) is 11.1. The number of rotatable bonds is 9. The fourth-order valence-corrected chi connectivity index (χ4v) is 4.20. The van der Waals surface area contributed by atoms with Crippen molar-refractivity contribution in [2.24, 2.45) is 0 Å². The van der Waals surface area contributed by atoms with Crippen molar-refractivity contribution in [1.82, 2.24) is 10.2 Å². The molecule has 8 heteroatoms. The molecule has 7 nitrogen and oxygen atoms in total. The Morgan fingerprint density at radius 1 is 0.970 bits per heavy atom. The molecule has 0 saturated heterocycles. The summed E-state index contributed by atoms with van der Waals surface area (Å²) in [6.07, 6.45) is 1.90. The van der Waals surface area contributed by atoms with Gasteiger partial charge in [0.25, 0.3) is 0 Å². The standard InChI is InChI=1S/C25H35N3O4S/c1-7-20-13-15-22(16-14-20)28(33(6,31)32)18-23(29)27(17-21-11-9-8-10-12-21)19(2)24(30)26-25(3,4)5/h8-16,19H,7,17-18H2,1-6H3,(H,26,30). The van der Waals surface area contributed by atoms with Gasteiger partial charge in [-0.15, -0.1) is 0 Å².